The van der Waals surface area contributed by atoms with Gasteiger partial charge in [-0.25, -0.2) is 0 Å². The first-order valence-electron chi connectivity index (χ1n) is 28.4. The van der Waals surface area contributed by atoms with E-state index in [1.807, 2.05) is 27.2 Å². The van der Waals surface area contributed by atoms with Gasteiger partial charge >= 0.3 is 0 Å². The van der Waals surface area contributed by atoms with Crippen LogP contribution in [0.25, 0.3) is 0 Å². The second kappa shape index (κ2) is 48.7. The zero-order valence-corrected chi connectivity index (χ0v) is 45.3. The van der Waals surface area contributed by atoms with Gasteiger partial charge in [-0.2, -0.15) is 0 Å². The van der Waals surface area contributed by atoms with Gasteiger partial charge in [-0.05, 0) is 44.9 Å². The van der Waals surface area contributed by atoms with Crippen LogP contribution in [-0.2, 0) is 18.4 Å². The van der Waals surface area contributed by atoms with Crippen LogP contribution in [0.15, 0.2) is 36.5 Å². The Balaban J connectivity index is 4.29. The molecule has 0 aromatic heterocycles. The molecule has 0 aliphatic carbocycles. The quantitative estimate of drug-likeness (QED) is 0.0272. The molecule has 390 valence electrons. The summed E-state index contributed by atoms with van der Waals surface area (Å²) in [7, 11) is 1.24. The highest BCUT2D eigenvalue weighted by atomic mass is 31.2. The molecular formula is C57H111N2O6P. The van der Waals surface area contributed by atoms with Gasteiger partial charge in [0.1, 0.15) is 13.2 Å². The Hall–Kier alpha value is -1.28. The van der Waals surface area contributed by atoms with E-state index in [2.05, 4.69) is 43.5 Å². The third kappa shape index (κ3) is 50.6. The molecule has 8 nitrogen and oxygen atoms in total. The van der Waals surface area contributed by atoms with Crippen LogP contribution in [0.2, 0.25) is 0 Å². The van der Waals surface area contributed by atoms with E-state index < -0.39 is 26.6 Å². The second-order valence-corrected chi connectivity index (χ2v) is 22.0. The largest absolute Gasteiger partial charge is 0.756 e. The second-order valence-electron chi connectivity index (χ2n) is 20.6. The first kappa shape index (κ1) is 64.7. The van der Waals surface area contributed by atoms with E-state index in [9.17, 15) is 19.4 Å². The zero-order valence-electron chi connectivity index (χ0n) is 44.4. The Bertz CT molecular complexity index is 1170. The maximum atomic E-state index is 12.9. The van der Waals surface area contributed by atoms with E-state index in [1.54, 1.807) is 6.08 Å². The molecule has 0 fully saturated rings. The molecule has 0 saturated heterocycles. The highest BCUT2D eigenvalue weighted by molar-refractivity contribution is 7.45. The number of aliphatic hydroxyl groups excluding tert-OH is 1. The lowest BCUT2D eigenvalue weighted by atomic mass is 10.0. The number of hydrogen-bond donors (Lipinski definition) is 2. The minimum Gasteiger partial charge on any atom is -0.756 e. The molecule has 66 heavy (non-hydrogen) atoms. The van der Waals surface area contributed by atoms with Crippen LogP contribution in [0.3, 0.4) is 0 Å². The number of phosphoric acid groups is 1. The molecule has 0 aliphatic rings. The predicted octanol–water partition coefficient (Wildman–Crippen LogP) is 16.4. The monoisotopic (exact) mass is 951 g/mol. The van der Waals surface area contributed by atoms with Crippen LogP contribution >= 0.6 is 7.82 Å². The normalized spacial score (nSPS) is 14.2. The predicted molar refractivity (Wildman–Crippen MR) is 284 cm³/mol. The van der Waals surface area contributed by atoms with Gasteiger partial charge in [0.05, 0.1) is 39.9 Å². The van der Waals surface area contributed by atoms with Crippen LogP contribution < -0.4 is 10.2 Å². The van der Waals surface area contributed by atoms with Crippen molar-refractivity contribution in [2.24, 2.45) is 0 Å². The molecule has 1 amide bonds. The van der Waals surface area contributed by atoms with Gasteiger partial charge in [-0.1, -0.05) is 256 Å². The van der Waals surface area contributed by atoms with Crippen molar-refractivity contribution in [3.8, 4) is 0 Å². The minimum atomic E-state index is -4.61. The van der Waals surface area contributed by atoms with Gasteiger partial charge in [0.25, 0.3) is 7.82 Å². The lowest BCUT2D eigenvalue weighted by molar-refractivity contribution is -0.870. The van der Waals surface area contributed by atoms with E-state index in [0.717, 1.165) is 44.9 Å². The number of carbonyl (C=O) groups excluding carboxylic acids is 1. The minimum absolute atomic E-state index is 0.00739. The Morgan fingerprint density at radius 1 is 0.515 bits per heavy atom. The molecule has 0 aliphatic heterocycles. The highest BCUT2D eigenvalue weighted by Crippen LogP contribution is 2.38. The van der Waals surface area contributed by atoms with E-state index >= 15 is 0 Å². The molecule has 0 spiro atoms. The standard InChI is InChI=1S/C57H111N2O6P/c1-6-8-10-12-14-16-18-20-22-24-26-28-29-31-32-34-36-38-40-42-44-46-48-50-56(60)55(54-65-66(62,63)64-53-52-59(3,4)5)58-57(61)51-49-47-45-43-41-39-37-35-33-30-27-25-23-21-19-17-15-13-11-9-7-2/h32,34,40,42,48,50,55-56,60H,6-31,33,35-39,41,43-47,49,51-54H2,1-5H3,(H-,58,61,62,63)/b34-32+,42-40+,50-48+. The summed E-state index contributed by atoms with van der Waals surface area (Å²) >= 11 is 0. The fourth-order valence-electron chi connectivity index (χ4n) is 8.36. The van der Waals surface area contributed by atoms with Crippen molar-refractivity contribution in [1.29, 1.82) is 0 Å². The molecular weight excluding hydrogens is 840 g/mol. The van der Waals surface area contributed by atoms with Crippen molar-refractivity contribution in [2.45, 2.75) is 283 Å². The van der Waals surface area contributed by atoms with Crippen LogP contribution in [0.1, 0.15) is 271 Å². The molecule has 0 aromatic rings. The number of allylic oxidation sites excluding steroid dienone is 5. The first-order valence-corrected chi connectivity index (χ1v) is 29.8. The SMILES string of the molecule is CCCCCCCCCCCCCCC/C=C/CC/C=C/CC/C=C/C(O)C(COP(=O)([O-])OCC[N+](C)(C)C)NC(=O)CCCCCCCCCCCCCCCCCCCCCCC. The van der Waals surface area contributed by atoms with E-state index in [1.165, 1.54) is 205 Å². The maximum absolute atomic E-state index is 12.9. The summed E-state index contributed by atoms with van der Waals surface area (Å²) in [5.41, 5.74) is 0. The number of carbonyl (C=O) groups is 1. The van der Waals surface area contributed by atoms with Crippen LogP contribution in [0, 0.1) is 0 Å². The maximum Gasteiger partial charge on any atom is 0.268 e. The third-order valence-corrected chi connectivity index (χ3v) is 13.8. The van der Waals surface area contributed by atoms with Crippen molar-refractivity contribution in [1.82, 2.24) is 5.32 Å². The summed E-state index contributed by atoms with van der Waals surface area (Å²) in [6.45, 7) is 4.66. The Labute approximate surface area is 410 Å². The Morgan fingerprint density at radius 2 is 0.848 bits per heavy atom. The number of nitrogens with zero attached hydrogens (tertiary/aromatic N) is 1. The number of hydrogen-bond acceptors (Lipinski definition) is 6. The van der Waals surface area contributed by atoms with Crippen molar-refractivity contribution >= 4 is 13.7 Å². The van der Waals surface area contributed by atoms with Gasteiger partial charge < -0.3 is 28.8 Å². The molecule has 0 heterocycles. The smallest absolute Gasteiger partial charge is 0.268 e. The van der Waals surface area contributed by atoms with E-state index in [-0.39, 0.29) is 12.5 Å². The average Bonchev–Trinajstić information content (AvgIpc) is 3.28. The molecule has 3 unspecified atom stereocenters. The molecule has 0 aromatic carbocycles. The molecule has 0 bridgehead atoms. The summed E-state index contributed by atoms with van der Waals surface area (Å²) in [4.78, 5) is 25.5. The number of unbranched alkanes of at least 4 members (excludes halogenated alkanes) is 35. The fourth-order valence-corrected chi connectivity index (χ4v) is 9.09. The third-order valence-electron chi connectivity index (χ3n) is 12.8. The van der Waals surface area contributed by atoms with Gasteiger partial charge in [0.2, 0.25) is 5.91 Å². The molecule has 2 N–H and O–H groups in total. The van der Waals surface area contributed by atoms with Crippen LogP contribution in [0.5, 0.6) is 0 Å². The number of likely N-dealkylation sites (N-methyl/N-ethyl adjacent to an activating group) is 1. The Kier molecular flexibility index (Phi) is 47.8. The summed E-state index contributed by atoms with van der Waals surface area (Å²) in [6.07, 6.45) is 62.2. The van der Waals surface area contributed by atoms with E-state index in [0.29, 0.717) is 17.4 Å². The van der Waals surface area contributed by atoms with Gasteiger partial charge in [0.15, 0.2) is 0 Å². The molecule has 0 rings (SSSR count). The van der Waals surface area contributed by atoms with Crippen LogP contribution in [-0.4, -0.2) is 68.5 Å². The number of rotatable bonds is 52. The summed E-state index contributed by atoms with van der Waals surface area (Å²) in [5.74, 6) is -0.207. The number of amides is 1. The van der Waals surface area contributed by atoms with Crippen molar-refractivity contribution < 1.29 is 32.9 Å². The molecule has 9 heteroatoms. The summed E-state index contributed by atoms with van der Waals surface area (Å²) in [5, 5.41) is 13.9. The number of quaternary nitrogens is 1. The van der Waals surface area contributed by atoms with Gasteiger partial charge in [-0.3, -0.25) is 9.36 Å². The average molecular weight is 951 g/mol. The topological polar surface area (TPSA) is 108 Å². The lowest BCUT2D eigenvalue weighted by Gasteiger charge is -2.29. The van der Waals surface area contributed by atoms with Gasteiger partial charge in [0, 0.05) is 6.42 Å². The molecule has 3 atom stereocenters. The number of nitrogens with one attached hydrogen (secondary N) is 1. The summed E-state index contributed by atoms with van der Waals surface area (Å²) in [6, 6.07) is -0.907. The van der Waals surface area contributed by atoms with Crippen LogP contribution in [0.4, 0.5) is 0 Å². The first-order chi connectivity index (χ1) is 32.0. The summed E-state index contributed by atoms with van der Waals surface area (Å²) < 4.78 is 23.3. The van der Waals surface area contributed by atoms with Crippen molar-refractivity contribution in [3.63, 3.8) is 0 Å². The lowest BCUT2D eigenvalue weighted by Crippen LogP contribution is -2.45. The fraction of sp³-hybridized carbons (Fsp3) is 0.877. The van der Waals surface area contributed by atoms with Crippen molar-refractivity contribution in [3.05, 3.63) is 36.5 Å². The van der Waals surface area contributed by atoms with Crippen molar-refractivity contribution in [2.75, 3.05) is 40.9 Å². The van der Waals surface area contributed by atoms with E-state index in [4.69, 9.17) is 9.05 Å². The number of phosphoric ester groups is 1. The molecule has 0 saturated carbocycles. The van der Waals surface area contributed by atoms with Gasteiger partial charge in [-0.15, -0.1) is 0 Å². The molecule has 0 radical (unpaired) electrons. The number of aliphatic hydroxyl groups is 1. The Morgan fingerprint density at radius 3 is 1.23 bits per heavy atom. The highest BCUT2D eigenvalue weighted by Gasteiger charge is 2.23. The zero-order chi connectivity index (χ0) is 48.5.